The highest BCUT2D eigenvalue weighted by molar-refractivity contribution is 5.75. The zero-order valence-electron chi connectivity index (χ0n) is 22.3. The lowest BCUT2D eigenvalue weighted by atomic mass is 9.73. The number of likely N-dealkylation sites (tertiary alicyclic amines) is 2. The van der Waals surface area contributed by atoms with Gasteiger partial charge >= 0.3 is 6.03 Å². The number of halogens is 1. The molecule has 0 aromatic heterocycles. The van der Waals surface area contributed by atoms with Gasteiger partial charge < -0.3 is 35.2 Å². The van der Waals surface area contributed by atoms with Crippen molar-refractivity contribution in [2.45, 2.75) is 56.8 Å². The number of piperidine rings is 1. The Morgan fingerprint density at radius 3 is 2.63 bits per heavy atom. The van der Waals surface area contributed by atoms with Crippen LogP contribution < -0.4 is 10.5 Å². The Balaban J connectivity index is 1.65. The van der Waals surface area contributed by atoms with E-state index >= 15 is 4.39 Å². The number of β-amino-alcohol motifs (C(OH)–C–C–N with tert-alkyl or cyclic N) is 1. The van der Waals surface area contributed by atoms with E-state index in [0.29, 0.717) is 63.2 Å². The average molecular weight is 530 g/mol. The number of methoxy groups -OCH3 is 1. The van der Waals surface area contributed by atoms with Crippen LogP contribution in [-0.4, -0.2) is 78.1 Å². The Kier molecular flexibility index (Phi) is 9.25. The summed E-state index contributed by atoms with van der Waals surface area (Å²) in [4.78, 5) is 16.6. The van der Waals surface area contributed by atoms with Crippen LogP contribution in [0.25, 0.3) is 0 Å². The number of urea groups is 1. The van der Waals surface area contributed by atoms with Crippen molar-refractivity contribution < 1.29 is 28.9 Å². The third-order valence-corrected chi connectivity index (χ3v) is 7.87. The second kappa shape index (κ2) is 12.4. The number of para-hydroxylation sites is 2. The van der Waals surface area contributed by atoms with Crippen molar-refractivity contribution in [2.24, 2.45) is 11.7 Å². The summed E-state index contributed by atoms with van der Waals surface area (Å²) in [6.07, 6.45) is 2.38. The van der Waals surface area contributed by atoms with Gasteiger partial charge in [0.05, 0.1) is 11.7 Å². The van der Waals surface area contributed by atoms with E-state index < -0.39 is 23.6 Å². The molecule has 38 heavy (non-hydrogen) atoms. The number of nitrogens with two attached hydrogens (primary N) is 1. The van der Waals surface area contributed by atoms with Crippen LogP contribution in [0.2, 0.25) is 0 Å². The summed E-state index contributed by atoms with van der Waals surface area (Å²) in [6, 6.07) is 11.4. The number of benzene rings is 2. The first-order chi connectivity index (χ1) is 18.2. The second-order valence-electron chi connectivity index (χ2n) is 10.6. The molecule has 0 bridgehead atoms. The molecular formula is C29H40FN3O5. The smallest absolute Gasteiger partial charge is 0.320 e. The summed E-state index contributed by atoms with van der Waals surface area (Å²) in [6.45, 7) is 3.78. The number of aliphatic hydroxyl groups is 2. The number of carbonyl (C=O) groups excluding carboxylic acids is 1. The Labute approximate surface area is 224 Å². The molecule has 4 atom stereocenters. The van der Waals surface area contributed by atoms with Crippen molar-refractivity contribution >= 4 is 6.03 Å². The summed E-state index contributed by atoms with van der Waals surface area (Å²) in [5.41, 5.74) is 5.73. The molecule has 2 aromatic carbocycles. The molecule has 4 N–H and O–H groups in total. The highest BCUT2D eigenvalue weighted by Crippen LogP contribution is 2.45. The number of aryl methyl sites for hydroxylation is 1. The normalized spacial score (nSPS) is 23.4. The molecule has 0 radical (unpaired) electrons. The molecule has 0 saturated carbocycles. The molecule has 2 aromatic rings. The molecule has 2 aliphatic heterocycles. The van der Waals surface area contributed by atoms with E-state index in [0.717, 1.165) is 12.0 Å². The van der Waals surface area contributed by atoms with Crippen molar-refractivity contribution in [2.75, 3.05) is 39.9 Å². The van der Waals surface area contributed by atoms with Crippen molar-refractivity contribution in [3.8, 4) is 11.5 Å². The van der Waals surface area contributed by atoms with Crippen LogP contribution in [0.15, 0.2) is 42.5 Å². The first kappa shape index (κ1) is 28.3. The first-order valence-corrected chi connectivity index (χ1v) is 13.5. The van der Waals surface area contributed by atoms with Crippen LogP contribution in [0.4, 0.5) is 9.18 Å². The summed E-state index contributed by atoms with van der Waals surface area (Å²) < 4.78 is 26.7. The lowest BCUT2D eigenvalue weighted by Gasteiger charge is -2.44. The number of amides is 2. The van der Waals surface area contributed by atoms with Crippen LogP contribution in [-0.2, 0) is 10.3 Å². The molecule has 2 saturated heterocycles. The molecule has 8 nitrogen and oxygen atoms in total. The minimum atomic E-state index is -1.44. The van der Waals surface area contributed by atoms with Crippen LogP contribution >= 0.6 is 0 Å². The number of ether oxygens (including phenoxy) is 2. The highest BCUT2D eigenvalue weighted by atomic mass is 19.1. The molecule has 208 valence electrons. The van der Waals surface area contributed by atoms with Crippen LogP contribution in [0, 0.1) is 18.7 Å². The van der Waals surface area contributed by atoms with Gasteiger partial charge in [-0.15, -0.1) is 0 Å². The zero-order chi connectivity index (χ0) is 27.3. The summed E-state index contributed by atoms with van der Waals surface area (Å²) >= 11 is 0. The standard InChI is InChI=1S/C29H40FN3O5/c1-20-9-3-4-13-26(20)38-27-22(11-7-12-23(27)30)29(36,14-5-6-16-37-2)21-10-8-15-32(17-21)28(35)33-18-24(31)25(34)19-33/h3-4,7,9,11-13,21,24-25,34,36H,5-6,8,10,14-19,31H2,1-2H3/t21?,24-,25+,29+/m1/s1. The zero-order valence-corrected chi connectivity index (χ0v) is 22.3. The van der Waals surface area contributed by atoms with Gasteiger partial charge in [-0.05, 0) is 56.7 Å². The summed E-state index contributed by atoms with van der Waals surface area (Å²) in [5, 5.41) is 22.5. The monoisotopic (exact) mass is 529 g/mol. The number of rotatable bonds is 9. The summed E-state index contributed by atoms with van der Waals surface area (Å²) in [7, 11) is 1.64. The Morgan fingerprint density at radius 2 is 1.92 bits per heavy atom. The largest absolute Gasteiger partial charge is 0.454 e. The molecule has 1 unspecified atom stereocenters. The number of nitrogens with zero attached hydrogens (tertiary/aromatic N) is 2. The Morgan fingerprint density at radius 1 is 1.13 bits per heavy atom. The van der Waals surface area contributed by atoms with E-state index in [1.165, 1.54) is 6.07 Å². The van der Waals surface area contributed by atoms with Crippen molar-refractivity contribution in [1.82, 2.24) is 9.80 Å². The number of unbranched alkanes of at least 4 members (excludes halogenated alkanes) is 1. The van der Waals surface area contributed by atoms with Gasteiger partial charge in [0, 0.05) is 57.4 Å². The fourth-order valence-corrected chi connectivity index (χ4v) is 5.64. The molecule has 4 rings (SSSR count). The van der Waals surface area contributed by atoms with Gasteiger partial charge in [-0.2, -0.15) is 0 Å². The average Bonchev–Trinajstić information content (AvgIpc) is 3.26. The molecule has 0 aliphatic carbocycles. The highest BCUT2D eigenvalue weighted by Gasteiger charge is 2.44. The lowest BCUT2D eigenvalue weighted by Crippen LogP contribution is -2.52. The SMILES string of the molecule is COCCCC[C@@](O)(c1cccc(F)c1Oc1ccccc1C)C1CCCN(C(=O)N2C[C@@H](N)[C@@H](O)C2)C1. The van der Waals surface area contributed by atoms with E-state index in [1.807, 2.05) is 25.1 Å². The maximum Gasteiger partial charge on any atom is 0.320 e. The molecule has 2 fully saturated rings. The number of hydrogen-bond acceptors (Lipinski definition) is 6. The van der Waals surface area contributed by atoms with Crippen LogP contribution in [0.5, 0.6) is 11.5 Å². The number of carbonyl (C=O) groups is 1. The molecule has 2 aliphatic rings. The van der Waals surface area contributed by atoms with Gasteiger partial charge in [0.15, 0.2) is 11.6 Å². The fourth-order valence-electron chi connectivity index (χ4n) is 5.64. The minimum absolute atomic E-state index is 0.00753. The maximum absolute atomic E-state index is 15.3. The van der Waals surface area contributed by atoms with Crippen molar-refractivity contribution in [3.63, 3.8) is 0 Å². The first-order valence-electron chi connectivity index (χ1n) is 13.5. The maximum atomic E-state index is 15.3. The quantitative estimate of drug-likeness (QED) is 0.427. The van der Waals surface area contributed by atoms with E-state index in [4.69, 9.17) is 15.2 Å². The lowest BCUT2D eigenvalue weighted by molar-refractivity contribution is -0.0590. The topological polar surface area (TPSA) is 108 Å². The molecule has 2 heterocycles. The van der Waals surface area contributed by atoms with E-state index in [9.17, 15) is 15.0 Å². The van der Waals surface area contributed by atoms with Gasteiger partial charge in [-0.1, -0.05) is 30.3 Å². The molecule has 0 spiro atoms. The van der Waals surface area contributed by atoms with Gasteiger partial charge in [0.25, 0.3) is 0 Å². The van der Waals surface area contributed by atoms with E-state index in [-0.39, 0.29) is 24.2 Å². The second-order valence-corrected chi connectivity index (χ2v) is 10.6. The number of hydrogen-bond donors (Lipinski definition) is 3. The predicted octanol–water partition coefficient (Wildman–Crippen LogP) is 3.77. The van der Waals surface area contributed by atoms with Gasteiger partial charge in [-0.3, -0.25) is 0 Å². The Bertz CT molecular complexity index is 1090. The van der Waals surface area contributed by atoms with E-state index in [2.05, 4.69) is 0 Å². The van der Waals surface area contributed by atoms with Gasteiger partial charge in [0.2, 0.25) is 0 Å². The number of aliphatic hydroxyl groups excluding tert-OH is 1. The predicted molar refractivity (Wildman–Crippen MR) is 143 cm³/mol. The summed E-state index contributed by atoms with van der Waals surface area (Å²) in [5.74, 6) is -0.368. The van der Waals surface area contributed by atoms with Crippen LogP contribution in [0.1, 0.15) is 43.2 Å². The van der Waals surface area contributed by atoms with Crippen molar-refractivity contribution in [3.05, 3.63) is 59.4 Å². The van der Waals surface area contributed by atoms with E-state index in [1.54, 1.807) is 35.1 Å². The van der Waals surface area contributed by atoms with Crippen molar-refractivity contribution in [1.29, 1.82) is 0 Å². The van der Waals surface area contributed by atoms with Crippen LogP contribution in [0.3, 0.4) is 0 Å². The fraction of sp³-hybridized carbons (Fsp3) is 0.552. The molecular weight excluding hydrogens is 489 g/mol. The third kappa shape index (κ3) is 6.12. The van der Waals surface area contributed by atoms with Gasteiger partial charge in [-0.25, -0.2) is 9.18 Å². The van der Waals surface area contributed by atoms with Gasteiger partial charge in [0.1, 0.15) is 5.75 Å². The third-order valence-electron chi connectivity index (χ3n) is 7.87. The molecule has 9 heteroatoms. The molecule has 2 amide bonds. The Hall–Kier alpha value is -2.72. The minimum Gasteiger partial charge on any atom is -0.454 e.